The van der Waals surface area contributed by atoms with Crippen molar-refractivity contribution in [3.8, 4) is 67.8 Å². The molecular weight excluding hydrogens is 808 g/mol. The molecule has 44 heavy (non-hydrogen) atoms. The highest BCUT2D eigenvalue weighted by atomic mass is 79.9. The van der Waals surface area contributed by atoms with E-state index in [1.54, 1.807) is 0 Å². The average molecular weight is 830 g/mol. The van der Waals surface area contributed by atoms with Gasteiger partial charge in [-0.15, -0.1) is 0 Å². The second kappa shape index (κ2) is 12.4. The molecule has 0 aliphatic rings. The lowest BCUT2D eigenvalue weighted by Gasteiger charge is -2.04. The number of hydrogen-bond donors (Lipinski definition) is 2. The fraction of sp³-hybridized carbons (Fsp3) is 0. The highest BCUT2D eigenvalue weighted by Crippen LogP contribution is 2.37. The van der Waals surface area contributed by atoms with Gasteiger partial charge >= 0.3 is 0 Å². The maximum atomic E-state index is 5.08. The van der Waals surface area contributed by atoms with Gasteiger partial charge in [0, 0.05) is 51.3 Å². The summed E-state index contributed by atoms with van der Waals surface area (Å²) in [4.78, 5) is 17.4. The van der Waals surface area contributed by atoms with Crippen LogP contribution >= 0.6 is 63.7 Å². The van der Waals surface area contributed by atoms with Crippen molar-refractivity contribution in [2.45, 2.75) is 0 Å². The Morgan fingerprint density at radius 2 is 0.568 bits per heavy atom. The van der Waals surface area contributed by atoms with E-state index in [4.69, 9.17) is 9.97 Å². The van der Waals surface area contributed by atoms with Crippen molar-refractivity contribution in [1.82, 2.24) is 19.9 Å². The first-order chi connectivity index (χ1) is 21.4. The Bertz CT molecular complexity index is 1780. The maximum Gasteiger partial charge on any atom is 0.138 e. The summed E-state index contributed by atoms with van der Waals surface area (Å²) in [7, 11) is 0. The van der Waals surface area contributed by atoms with Crippen molar-refractivity contribution in [2.24, 2.45) is 0 Å². The van der Waals surface area contributed by atoms with Crippen molar-refractivity contribution >= 4 is 63.7 Å². The summed E-state index contributed by atoms with van der Waals surface area (Å²) in [6.07, 6.45) is 0. The van der Waals surface area contributed by atoms with Crippen molar-refractivity contribution in [2.75, 3.05) is 0 Å². The molecule has 7 rings (SSSR count). The number of halogens is 4. The first kappa shape index (κ1) is 29.2. The standard InChI is InChI=1S/C36H22Br4N4/c37-27-13-5-21(6-14-27)31-32(22-7-15-28(38)16-8-22)42-35(41-31)25-1-2-26(4-3-25)36-43-33(23-9-17-29(39)18-10-23)34(44-36)24-11-19-30(40)20-12-24/h1-20H,(H,41,42)(H,43,44). The minimum Gasteiger partial charge on any atom is -0.337 e. The van der Waals surface area contributed by atoms with Gasteiger partial charge in [0.15, 0.2) is 0 Å². The van der Waals surface area contributed by atoms with Crippen molar-refractivity contribution < 1.29 is 0 Å². The third-order valence-corrected chi connectivity index (χ3v) is 9.46. The molecule has 0 aliphatic heterocycles. The number of nitrogens with zero attached hydrogens (tertiary/aromatic N) is 2. The Labute approximate surface area is 288 Å². The Hall–Kier alpha value is -3.56. The topological polar surface area (TPSA) is 57.4 Å². The Kier molecular flexibility index (Phi) is 8.25. The molecule has 0 unspecified atom stereocenters. The molecule has 8 heteroatoms. The zero-order valence-electron chi connectivity index (χ0n) is 23.0. The van der Waals surface area contributed by atoms with Crippen LogP contribution in [0.2, 0.25) is 0 Å². The molecule has 5 aromatic carbocycles. The van der Waals surface area contributed by atoms with Crippen LogP contribution in [0.4, 0.5) is 0 Å². The Morgan fingerprint density at radius 3 is 0.864 bits per heavy atom. The van der Waals surface area contributed by atoms with Gasteiger partial charge in [-0.05, 0) is 48.5 Å². The van der Waals surface area contributed by atoms with E-state index >= 15 is 0 Å². The highest BCUT2D eigenvalue weighted by Gasteiger charge is 2.18. The molecule has 214 valence electrons. The fourth-order valence-electron chi connectivity index (χ4n) is 5.09. The minimum atomic E-state index is 0.804. The number of rotatable bonds is 6. The molecule has 4 nitrogen and oxygen atoms in total. The molecule has 7 aromatic rings. The molecule has 0 fully saturated rings. The van der Waals surface area contributed by atoms with Gasteiger partial charge in [0.2, 0.25) is 0 Å². The van der Waals surface area contributed by atoms with Crippen LogP contribution in [0.3, 0.4) is 0 Å². The maximum absolute atomic E-state index is 5.08. The van der Waals surface area contributed by atoms with Gasteiger partial charge in [0.05, 0.1) is 22.8 Å². The largest absolute Gasteiger partial charge is 0.337 e. The van der Waals surface area contributed by atoms with Gasteiger partial charge in [-0.25, -0.2) is 9.97 Å². The van der Waals surface area contributed by atoms with E-state index in [1.165, 1.54) is 0 Å². The van der Waals surface area contributed by atoms with Crippen LogP contribution in [-0.4, -0.2) is 19.9 Å². The van der Waals surface area contributed by atoms with Crippen LogP contribution in [0.15, 0.2) is 139 Å². The van der Waals surface area contributed by atoms with Crippen LogP contribution in [0, 0.1) is 0 Å². The first-order valence-corrected chi connectivity index (χ1v) is 16.9. The predicted octanol–water partition coefficient (Wildman–Crippen LogP) is 12.2. The predicted molar refractivity (Wildman–Crippen MR) is 194 cm³/mol. The molecule has 0 saturated carbocycles. The van der Waals surface area contributed by atoms with Gasteiger partial charge in [-0.3, -0.25) is 0 Å². The van der Waals surface area contributed by atoms with Crippen LogP contribution in [0.1, 0.15) is 0 Å². The summed E-state index contributed by atoms with van der Waals surface area (Å²) in [6, 6.07) is 41.4. The van der Waals surface area contributed by atoms with Gasteiger partial charge in [0.1, 0.15) is 11.6 Å². The molecule has 0 amide bonds. The van der Waals surface area contributed by atoms with Gasteiger partial charge < -0.3 is 9.97 Å². The number of hydrogen-bond acceptors (Lipinski definition) is 2. The summed E-state index contributed by atoms with van der Waals surface area (Å²) >= 11 is 14.2. The minimum absolute atomic E-state index is 0.804. The second-order valence-electron chi connectivity index (χ2n) is 10.2. The lowest BCUT2D eigenvalue weighted by Crippen LogP contribution is -1.84. The van der Waals surface area contributed by atoms with E-state index in [0.29, 0.717) is 0 Å². The number of imidazole rings is 2. The summed E-state index contributed by atoms with van der Waals surface area (Å²) in [5.74, 6) is 1.61. The van der Waals surface area contributed by atoms with E-state index in [2.05, 4.69) is 146 Å². The van der Waals surface area contributed by atoms with Crippen molar-refractivity contribution in [1.29, 1.82) is 0 Å². The molecule has 2 heterocycles. The van der Waals surface area contributed by atoms with Crippen LogP contribution in [-0.2, 0) is 0 Å². The van der Waals surface area contributed by atoms with Crippen LogP contribution in [0.25, 0.3) is 67.8 Å². The Morgan fingerprint density at radius 1 is 0.318 bits per heavy atom. The molecule has 2 N–H and O–H groups in total. The van der Waals surface area contributed by atoms with E-state index < -0.39 is 0 Å². The SMILES string of the molecule is Brc1ccc(-c2nc(-c3ccc(-c4nc(-c5ccc(Br)cc5)c(-c5ccc(Br)cc5)[nH]4)cc3)[nH]c2-c2ccc(Br)cc2)cc1. The molecule has 0 saturated heterocycles. The average Bonchev–Trinajstić information content (AvgIpc) is 3.69. The molecule has 0 radical (unpaired) electrons. The van der Waals surface area contributed by atoms with E-state index in [9.17, 15) is 0 Å². The summed E-state index contributed by atoms with van der Waals surface area (Å²) in [6.45, 7) is 0. The van der Waals surface area contributed by atoms with Gasteiger partial charge in [0.25, 0.3) is 0 Å². The molecule has 0 aliphatic carbocycles. The first-order valence-electron chi connectivity index (χ1n) is 13.8. The summed E-state index contributed by atoms with van der Waals surface area (Å²) in [5.41, 5.74) is 9.96. The lowest BCUT2D eigenvalue weighted by molar-refractivity contribution is 1.29. The quantitative estimate of drug-likeness (QED) is 0.175. The van der Waals surface area contributed by atoms with Crippen LogP contribution in [0.5, 0.6) is 0 Å². The monoisotopic (exact) mass is 826 g/mol. The Balaban J connectivity index is 1.27. The number of H-pyrrole nitrogens is 2. The van der Waals surface area contributed by atoms with E-state index in [-0.39, 0.29) is 0 Å². The van der Waals surface area contributed by atoms with Gasteiger partial charge in [-0.2, -0.15) is 0 Å². The third-order valence-electron chi connectivity index (χ3n) is 7.34. The number of aromatic amines is 2. The summed E-state index contributed by atoms with van der Waals surface area (Å²) < 4.78 is 4.13. The van der Waals surface area contributed by atoms with E-state index in [1.807, 2.05) is 48.5 Å². The van der Waals surface area contributed by atoms with E-state index in [0.717, 1.165) is 85.7 Å². The zero-order valence-corrected chi connectivity index (χ0v) is 29.3. The fourth-order valence-corrected chi connectivity index (χ4v) is 6.15. The number of benzene rings is 5. The summed E-state index contributed by atoms with van der Waals surface area (Å²) in [5, 5.41) is 0. The molecule has 0 spiro atoms. The van der Waals surface area contributed by atoms with Gasteiger partial charge in [-0.1, -0.05) is 137 Å². The zero-order chi connectivity index (χ0) is 30.2. The van der Waals surface area contributed by atoms with Crippen molar-refractivity contribution in [3.05, 3.63) is 139 Å². The van der Waals surface area contributed by atoms with Crippen molar-refractivity contribution in [3.63, 3.8) is 0 Å². The normalized spacial score (nSPS) is 11.2. The molecule has 0 atom stereocenters. The molecule has 0 bridgehead atoms. The smallest absolute Gasteiger partial charge is 0.138 e. The molecular formula is C36H22Br4N4. The second-order valence-corrected chi connectivity index (χ2v) is 13.9. The lowest BCUT2D eigenvalue weighted by atomic mass is 10.1. The number of nitrogens with one attached hydrogen (secondary N) is 2. The highest BCUT2D eigenvalue weighted by molar-refractivity contribution is 9.11. The number of aromatic nitrogens is 4. The molecule has 2 aromatic heterocycles. The third kappa shape index (κ3) is 6.04. The van der Waals surface area contributed by atoms with Crippen LogP contribution < -0.4 is 0 Å².